The summed E-state index contributed by atoms with van der Waals surface area (Å²) in [7, 11) is 1.85. The van der Waals surface area contributed by atoms with E-state index in [1.807, 2.05) is 18.0 Å². The van der Waals surface area contributed by atoms with Crippen LogP contribution in [0.15, 0.2) is 35.1 Å². The lowest BCUT2D eigenvalue weighted by molar-refractivity contribution is 0.563. The average Bonchev–Trinajstić information content (AvgIpc) is 2.76. The lowest BCUT2D eigenvalue weighted by Crippen LogP contribution is -2.17. The second-order valence-electron chi connectivity index (χ2n) is 3.81. The van der Waals surface area contributed by atoms with Gasteiger partial charge < -0.3 is 15.1 Å². The number of nitrogen functional groups attached to an aromatic ring is 1. The standard InChI is InChI=1S/C12H12ClFN2O/c1-16(6-8-2-3-17-7-8)12-4-9(13)10(14)5-11(12)15/h2-5,7H,6,15H2,1H3. The fraction of sp³-hybridized carbons (Fsp3) is 0.167. The molecular formula is C12H12ClFN2O. The van der Waals surface area contributed by atoms with Crippen molar-refractivity contribution in [2.24, 2.45) is 0 Å². The zero-order valence-electron chi connectivity index (χ0n) is 9.28. The van der Waals surface area contributed by atoms with Crippen LogP contribution in [0, 0.1) is 5.82 Å². The summed E-state index contributed by atoms with van der Waals surface area (Å²) in [5, 5.41) is 0.0632. The minimum Gasteiger partial charge on any atom is -0.472 e. The van der Waals surface area contributed by atoms with E-state index < -0.39 is 5.82 Å². The van der Waals surface area contributed by atoms with Gasteiger partial charge in [0.15, 0.2) is 0 Å². The smallest absolute Gasteiger partial charge is 0.143 e. The Morgan fingerprint density at radius 1 is 1.47 bits per heavy atom. The van der Waals surface area contributed by atoms with Crippen molar-refractivity contribution in [3.8, 4) is 0 Å². The maximum absolute atomic E-state index is 13.2. The fourth-order valence-corrected chi connectivity index (χ4v) is 1.78. The molecule has 1 heterocycles. The first-order chi connectivity index (χ1) is 8.08. The minimum atomic E-state index is -0.510. The van der Waals surface area contributed by atoms with E-state index in [0.29, 0.717) is 17.9 Å². The van der Waals surface area contributed by atoms with Crippen LogP contribution in [0.5, 0.6) is 0 Å². The van der Waals surface area contributed by atoms with Crippen LogP contribution in [0.3, 0.4) is 0 Å². The molecule has 0 atom stereocenters. The number of benzene rings is 1. The highest BCUT2D eigenvalue weighted by Gasteiger charge is 2.10. The minimum absolute atomic E-state index is 0.0632. The van der Waals surface area contributed by atoms with Crippen LogP contribution in [0.4, 0.5) is 15.8 Å². The first kappa shape index (κ1) is 11.8. The summed E-state index contributed by atoms with van der Waals surface area (Å²) in [5.74, 6) is -0.510. The van der Waals surface area contributed by atoms with Gasteiger partial charge in [-0.2, -0.15) is 0 Å². The van der Waals surface area contributed by atoms with E-state index in [9.17, 15) is 4.39 Å². The predicted octanol–water partition coefficient (Wildman–Crippen LogP) is 3.29. The zero-order chi connectivity index (χ0) is 12.4. The van der Waals surface area contributed by atoms with Crippen molar-refractivity contribution >= 4 is 23.0 Å². The molecule has 5 heteroatoms. The Balaban J connectivity index is 2.24. The van der Waals surface area contributed by atoms with Gasteiger partial charge >= 0.3 is 0 Å². The van der Waals surface area contributed by atoms with Crippen molar-refractivity contribution in [2.75, 3.05) is 17.7 Å². The third-order valence-corrected chi connectivity index (χ3v) is 2.77. The number of rotatable bonds is 3. The van der Waals surface area contributed by atoms with Gasteiger partial charge in [0.2, 0.25) is 0 Å². The number of hydrogen-bond acceptors (Lipinski definition) is 3. The number of hydrogen-bond donors (Lipinski definition) is 1. The van der Waals surface area contributed by atoms with E-state index >= 15 is 0 Å². The number of nitrogens with zero attached hydrogens (tertiary/aromatic N) is 1. The first-order valence-electron chi connectivity index (χ1n) is 5.04. The van der Waals surface area contributed by atoms with E-state index in [-0.39, 0.29) is 5.02 Å². The van der Waals surface area contributed by atoms with Gasteiger partial charge in [-0.25, -0.2) is 4.39 Å². The molecule has 0 aliphatic carbocycles. The monoisotopic (exact) mass is 254 g/mol. The second-order valence-corrected chi connectivity index (χ2v) is 4.22. The van der Waals surface area contributed by atoms with Crippen LogP contribution in [0.1, 0.15) is 5.56 Å². The van der Waals surface area contributed by atoms with Crippen LogP contribution in [0.2, 0.25) is 5.02 Å². The predicted molar refractivity (Wildman–Crippen MR) is 66.6 cm³/mol. The number of furan rings is 1. The van der Waals surface area contributed by atoms with E-state index in [4.69, 9.17) is 21.8 Å². The molecule has 0 aliphatic heterocycles. The zero-order valence-corrected chi connectivity index (χ0v) is 10.0. The summed E-state index contributed by atoms with van der Waals surface area (Å²) in [6, 6.07) is 4.60. The van der Waals surface area contributed by atoms with E-state index in [1.54, 1.807) is 12.5 Å². The van der Waals surface area contributed by atoms with Gasteiger partial charge in [0.25, 0.3) is 0 Å². The highest BCUT2D eigenvalue weighted by Crippen LogP contribution is 2.29. The SMILES string of the molecule is CN(Cc1ccoc1)c1cc(Cl)c(F)cc1N. The lowest BCUT2D eigenvalue weighted by atomic mass is 10.2. The molecule has 0 aliphatic rings. The quantitative estimate of drug-likeness (QED) is 0.855. The summed E-state index contributed by atoms with van der Waals surface area (Å²) in [5.41, 5.74) is 7.81. The lowest BCUT2D eigenvalue weighted by Gasteiger charge is -2.20. The van der Waals surface area contributed by atoms with Crippen molar-refractivity contribution < 1.29 is 8.81 Å². The molecule has 0 spiro atoms. The van der Waals surface area contributed by atoms with E-state index in [0.717, 1.165) is 5.56 Å². The summed E-state index contributed by atoms with van der Waals surface area (Å²) in [6.07, 6.45) is 3.25. The van der Waals surface area contributed by atoms with Crippen molar-refractivity contribution in [3.63, 3.8) is 0 Å². The van der Waals surface area contributed by atoms with Gasteiger partial charge in [-0.15, -0.1) is 0 Å². The average molecular weight is 255 g/mol. The Labute approximate surface area is 104 Å². The molecular weight excluding hydrogens is 243 g/mol. The molecule has 0 amide bonds. The summed E-state index contributed by atoms with van der Waals surface area (Å²) in [6.45, 7) is 0.614. The first-order valence-corrected chi connectivity index (χ1v) is 5.42. The number of halogens is 2. The molecule has 0 bridgehead atoms. The van der Waals surface area contributed by atoms with Crippen LogP contribution in [0.25, 0.3) is 0 Å². The van der Waals surface area contributed by atoms with Gasteiger partial charge in [-0.1, -0.05) is 11.6 Å². The van der Waals surface area contributed by atoms with Crippen LogP contribution >= 0.6 is 11.6 Å². The third kappa shape index (κ3) is 2.53. The molecule has 90 valence electrons. The maximum atomic E-state index is 13.2. The molecule has 2 aromatic rings. The Morgan fingerprint density at radius 3 is 2.88 bits per heavy atom. The van der Waals surface area contributed by atoms with Gasteiger partial charge in [0, 0.05) is 25.2 Å². The summed E-state index contributed by atoms with van der Waals surface area (Å²) < 4.78 is 18.1. The van der Waals surface area contributed by atoms with Crippen LogP contribution < -0.4 is 10.6 Å². The van der Waals surface area contributed by atoms with Crippen LogP contribution in [-0.2, 0) is 6.54 Å². The van der Waals surface area contributed by atoms with E-state index in [1.165, 1.54) is 12.1 Å². The van der Waals surface area contributed by atoms with Crippen LogP contribution in [-0.4, -0.2) is 7.05 Å². The molecule has 0 saturated carbocycles. The summed E-state index contributed by atoms with van der Waals surface area (Å²) in [4.78, 5) is 1.88. The van der Waals surface area contributed by atoms with Crippen molar-refractivity contribution in [3.05, 3.63) is 47.1 Å². The Kier molecular flexibility index (Phi) is 3.24. The topological polar surface area (TPSA) is 42.4 Å². The molecule has 3 nitrogen and oxygen atoms in total. The Hall–Kier alpha value is -1.68. The molecule has 0 saturated heterocycles. The number of anilines is 2. The molecule has 1 aromatic carbocycles. The normalized spacial score (nSPS) is 10.5. The molecule has 17 heavy (non-hydrogen) atoms. The molecule has 2 rings (SSSR count). The summed E-state index contributed by atoms with van der Waals surface area (Å²) >= 11 is 5.74. The van der Waals surface area contributed by atoms with Gasteiger partial charge in [-0.05, 0) is 12.1 Å². The Morgan fingerprint density at radius 2 is 2.24 bits per heavy atom. The third-order valence-electron chi connectivity index (χ3n) is 2.48. The van der Waals surface area contributed by atoms with Crippen molar-refractivity contribution in [1.29, 1.82) is 0 Å². The molecule has 0 unspecified atom stereocenters. The van der Waals surface area contributed by atoms with Gasteiger partial charge in [-0.3, -0.25) is 0 Å². The number of nitrogens with two attached hydrogens (primary N) is 1. The Bertz CT molecular complexity index is 513. The highest BCUT2D eigenvalue weighted by molar-refractivity contribution is 6.31. The fourth-order valence-electron chi connectivity index (χ4n) is 1.62. The van der Waals surface area contributed by atoms with Gasteiger partial charge in [0.05, 0.1) is 28.9 Å². The second kappa shape index (κ2) is 4.67. The molecule has 2 N–H and O–H groups in total. The molecule has 1 aromatic heterocycles. The van der Waals surface area contributed by atoms with Crippen molar-refractivity contribution in [2.45, 2.75) is 6.54 Å². The molecule has 0 fully saturated rings. The maximum Gasteiger partial charge on any atom is 0.143 e. The van der Waals surface area contributed by atoms with Crippen molar-refractivity contribution in [1.82, 2.24) is 0 Å². The largest absolute Gasteiger partial charge is 0.472 e. The highest BCUT2D eigenvalue weighted by atomic mass is 35.5. The van der Waals surface area contributed by atoms with Gasteiger partial charge in [0.1, 0.15) is 5.82 Å². The van der Waals surface area contributed by atoms with E-state index in [2.05, 4.69) is 0 Å². The molecule has 0 radical (unpaired) electrons.